The minimum Gasteiger partial charge on any atom is -0.398 e. The van der Waals surface area contributed by atoms with Crippen LogP contribution in [0.25, 0.3) is 0 Å². The monoisotopic (exact) mass is 293 g/mol. The Morgan fingerprint density at radius 1 is 1.37 bits per heavy atom. The van der Waals surface area contributed by atoms with Crippen LogP contribution >= 0.6 is 11.3 Å². The molecule has 0 fully saturated rings. The van der Waals surface area contributed by atoms with Crippen molar-refractivity contribution in [2.45, 2.75) is 11.4 Å². The third-order valence-corrected chi connectivity index (χ3v) is 4.80. The van der Waals surface area contributed by atoms with Gasteiger partial charge in [-0.3, -0.25) is 0 Å². The smallest absolute Gasteiger partial charge is 0.242 e. The number of benzene rings is 1. The molecule has 98 valence electrons. The average Bonchev–Trinajstić information content (AvgIpc) is 2.89. The van der Waals surface area contributed by atoms with Crippen molar-refractivity contribution in [2.75, 3.05) is 5.73 Å². The molecule has 0 aliphatic heterocycles. The van der Waals surface area contributed by atoms with Gasteiger partial charge in [0.2, 0.25) is 10.0 Å². The standard InChI is InChI=1S/C12H11N3O2S2/c13-7-9-3-4-12(11(14)6-9)19(16,17)15-8-10-2-1-5-18-10/h1-6,15H,8,14H2. The molecule has 0 unspecified atom stereocenters. The molecule has 7 heteroatoms. The van der Waals surface area contributed by atoms with Crippen LogP contribution in [0, 0.1) is 11.3 Å². The van der Waals surface area contributed by atoms with Gasteiger partial charge in [0, 0.05) is 11.4 Å². The zero-order valence-electron chi connectivity index (χ0n) is 9.83. The Bertz CT molecular complexity index is 716. The number of sulfonamides is 1. The Morgan fingerprint density at radius 2 is 2.16 bits per heavy atom. The molecule has 1 heterocycles. The molecule has 0 saturated carbocycles. The minimum atomic E-state index is -3.67. The van der Waals surface area contributed by atoms with Gasteiger partial charge < -0.3 is 5.73 Å². The number of hydrogen-bond acceptors (Lipinski definition) is 5. The van der Waals surface area contributed by atoms with Crippen molar-refractivity contribution in [1.82, 2.24) is 4.72 Å². The van der Waals surface area contributed by atoms with Gasteiger partial charge in [-0.05, 0) is 29.6 Å². The van der Waals surface area contributed by atoms with Gasteiger partial charge >= 0.3 is 0 Å². The van der Waals surface area contributed by atoms with E-state index >= 15 is 0 Å². The van der Waals surface area contributed by atoms with E-state index in [0.29, 0.717) is 5.56 Å². The second kappa shape index (κ2) is 5.40. The molecule has 0 aliphatic carbocycles. The topological polar surface area (TPSA) is 96.0 Å². The van der Waals surface area contributed by atoms with Crippen LogP contribution in [0.15, 0.2) is 40.6 Å². The van der Waals surface area contributed by atoms with Gasteiger partial charge in [0.15, 0.2) is 0 Å². The predicted molar refractivity (Wildman–Crippen MR) is 73.9 cm³/mol. The van der Waals surface area contributed by atoms with Crippen molar-refractivity contribution in [3.05, 3.63) is 46.2 Å². The summed E-state index contributed by atoms with van der Waals surface area (Å²) in [6.07, 6.45) is 0. The molecule has 2 aromatic rings. The number of nitriles is 1. The predicted octanol–water partition coefficient (Wildman–Crippen LogP) is 1.68. The van der Waals surface area contributed by atoms with E-state index < -0.39 is 10.0 Å². The third-order valence-electron chi connectivity index (χ3n) is 2.44. The molecule has 5 nitrogen and oxygen atoms in total. The highest BCUT2D eigenvalue weighted by Gasteiger charge is 2.17. The van der Waals surface area contributed by atoms with Crippen LogP contribution in [0.3, 0.4) is 0 Å². The van der Waals surface area contributed by atoms with Gasteiger partial charge in [-0.1, -0.05) is 6.07 Å². The van der Waals surface area contributed by atoms with Gasteiger partial charge in [0.25, 0.3) is 0 Å². The first kappa shape index (κ1) is 13.5. The summed E-state index contributed by atoms with van der Waals surface area (Å²) < 4.78 is 26.6. The SMILES string of the molecule is N#Cc1ccc(S(=O)(=O)NCc2cccs2)c(N)c1. The number of nitrogens with one attached hydrogen (secondary N) is 1. The first-order valence-corrected chi connectivity index (χ1v) is 7.71. The van der Waals surface area contributed by atoms with E-state index in [9.17, 15) is 8.42 Å². The largest absolute Gasteiger partial charge is 0.398 e. The Balaban J connectivity index is 2.22. The Morgan fingerprint density at radius 3 is 2.74 bits per heavy atom. The van der Waals surface area contributed by atoms with Gasteiger partial charge in [0.05, 0.1) is 17.3 Å². The number of rotatable bonds is 4. The maximum atomic E-state index is 12.1. The van der Waals surface area contributed by atoms with Crippen LogP contribution in [0.2, 0.25) is 0 Å². The van der Waals surface area contributed by atoms with Gasteiger partial charge in [-0.2, -0.15) is 5.26 Å². The summed E-state index contributed by atoms with van der Waals surface area (Å²) in [4.78, 5) is 0.902. The van der Waals surface area contributed by atoms with E-state index in [1.165, 1.54) is 29.5 Å². The fraction of sp³-hybridized carbons (Fsp3) is 0.0833. The molecule has 0 spiro atoms. The lowest BCUT2D eigenvalue weighted by atomic mass is 10.2. The number of hydrogen-bond donors (Lipinski definition) is 2. The molecule has 0 amide bonds. The van der Waals surface area contributed by atoms with Gasteiger partial charge in [0.1, 0.15) is 4.90 Å². The van der Waals surface area contributed by atoms with Crippen molar-refractivity contribution >= 4 is 27.0 Å². The quantitative estimate of drug-likeness (QED) is 0.838. The molecule has 0 aliphatic rings. The summed E-state index contributed by atoms with van der Waals surface area (Å²) in [6, 6.07) is 9.71. The third kappa shape index (κ3) is 3.12. The lowest BCUT2D eigenvalue weighted by Crippen LogP contribution is -2.23. The van der Waals surface area contributed by atoms with Crippen LogP contribution in [0.1, 0.15) is 10.4 Å². The fourth-order valence-electron chi connectivity index (χ4n) is 1.52. The maximum absolute atomic E-state index is 12.1. The maximum Gasteiger partial charge on any atom is 0.242 e. The van der Waals surface area contributed by atoms with E-state index in [1.54, 1.807) is 0 Å². The van der Waals surface area contributed by atoms with Crippen LogP contribution in [0.5, 0.6) is 0 Å². The average molecular weight is 293 g/mol. The van der Waals surface area contributed by atoms with Crippen molar-refractivity contribution < 1.29 is 8.42 Å². The second-order valence-corrected chi connectivity index (χ2v) is 6.54. The summed E-state index contributed by atoms with van der Waals surface area (Å²) in [5, 5.41) is 10.6. The lowest BCUT2D eigenvalue weighted by molar-refractivity contribution is 0.582. The van der Waals surface area contributed by atoms with Gasteiger partial charge in [-0.15, -0.1) is 11.3 Å². The fourth-order valence-corrected chi connectivity index (χ4v) is 3.37. The summed E-state index contributed by atoms with van der Waals surface area (Å²) in [7, 11) is -3.67. The van der Waals surface area contributed by atoms with Crippen molar-refractivity contribution in [3.8, 4) is 6.07 Å². The highest BCUT2D eigenvalue weighted by atomic mass is 32.2. The molecule has 1 aromatic carbocycles. The van der Waals surface area contributed by atoms with E-state index in [-0.39, 0.29) is 17.1 Å². The van der Waals surface area contributed by atoms with Crippen molar-refractivity contribution in [1.29, 1.82) is 5.26 Å². The molecule has 1 aromatic heterocycles. The molecular weight excluding hydrogens is 282 g/mol. The zero-order chi connectivity index (χ0) is 13.9. The summed E-state index contributed by atoms with van der Waals surface area (Å²) in [5.74, 6) is 0. The highest BCUT2D eigenvalue weighted by molar-refractivity contribution is 7.89. The van der Waals surface area contributed by atoms with E-state index in [1.807, 2.05) is 23.6 Å². The molecule has 3 N–H and O–H groups in total. The van der Waals surface area contributed by atoms with Crippen molar-refractivity contribution in [3.63, 3.8) is 0 Å². The van der Waals surface area contributed by atoms with E-state index in [0.717, 1.165) is 4.88 Å². The normalized spacial score (nSPS) is 11.1. The summed E-state index contributed by atoms with van der Waals surface area (Å²) in [6.45, 7) is 0.222. The molecule has 2 rings (SSSR count). The van der Waals surface area contributed by atoms with Crippen LogP contribution in [0.4, 0.5) is 5.69 Å². The first-order chi connectivity index (χ1) is 9.03. The Hall–Kier alpha value is -1.88. The Kier molecular flexibility index (Phi) is 3.85. The molecular formula is C12H11N3O2S2. The zero-order valence-corrected chi connectivity index (χ0v) is 11.5. The number of thiophene rings is 1. The summed E-state index contributed by atoms with van der Waals surface area (Å²) in [5.41, 5.74) is 6.06. The lowest BCUT2D eigenvalue weighted by Gasteiger charge is -2.08. The molecule has 0 atom stereocenters. The Labute approximate surface area is 115 Å². The van der Waals surface area contributed by atoms with Crippen LogP contribution in [-0.4, -0.2) is 8.42 Å². The number of anilines is 1. The van der Waals surface area contributed by atoms with Crippen LogP contribution in [-0.2, 0) is 16.6 Å². The molecule has 0 bridgehead atoms. The number of nitrogens with two attached hydrogens (primary N) is 1. The van der Waals surface area contributed by atoms with Crippen LogP contribution < -0.4 is 10.5 Å². The van der Waals surface area contributed by atoms with Crippen molar-refractivity contribution in [2.24, 2.45) is 0 Å². The second-order valence-electron chi connectivity index (χ2n) is 3.77. The van der Waals surface area contributed by atoms with Gasteiger partial charge in [-0.25, -0.2) is 13.1 Å². The minimum absolute atomic E-state index is 0.0111. The number of nitrogens with zero attached hydrogens (tertiary/aromatic N) is 1. The first-order valence-electron chi connectivity index (χ1n) is 5.34. The number of nitrogen functional groups attached to an aromatic ring is 1. The molecule has 0 radical (unpaired) electrons. The van der Waals surface area contributed by atoms with E-state index in [2.05, 4.69) is 4.72 Å². The molecule has 0 saturated heterocycles. The highest BCUT2D eigenvalue weighted by Crippen LogP contribution is 2.20. The van der Waals surface area contributed by atoms with E-state index in [4.69, 9.17) is 11.0 Å². The summed E-state index contributed by atoms with van der Waals surface area (Å²) >= 11 is 1.47. The molecule has 19 heavy (non-hydrogen) atoms.